The van der Waals surface area contributed by atoms with E-state index in [1.54, 1.807) is 4.90 Å². The Hall–Kier alpha value is -3.14. The average Bonchev–Trinajstić information content (AvgIpc) is 3.22. The normalized spacial score (nSPS) is 16.4. The predicted octanol–water partition coefficient (Wildman–Crippen LogP) is 4.19. The van der Waals surface area contributed by atoms with Gasteiger partial charge in [0.15, 0.2) is 0 Å². The Balaban J connectivity index is 1.48. The van der Waals surface area contributed by atoms with Gasteiger partial charge in [-0.25, -0.2) is 4.79 Å². The maximum atomic E-state index is 13.0. The summed E-state index contributed by atoms with van der Waals surface area (Å²) in [5, 5.41) is 2.11. The molecule has 0 aromatic heterocycles. The van der Waals surface area contributed by atoms with Crippen molar-refractivity contribution in [2.75, 3.05) is 6.54 Å². The zero-order valence-corrected chi connectivity index (χ0v) is 15.0. The Morgan fingerprint density at radius 3 is 2.48 bits per heavy atom. The van der Waals surface area contributed by atoms with E-state index in [-0.39, 0.29) is 18.5 Å². The van der Waals surface area contributed by atoms with Crippen LogP contribution in [-0.2, 0) is 16.1 Å². The number of carbonyl (C=O) groups excluding carboxylic acids is 2. The fourth-order valence-electron chi connectivity index (χ4n) is 3.57. The third kappa shape index (κ3) is 3.70. The molecule has 3 aromatic carbocycles. The van der Waals surface area contributed by atoms with Crippen molar-refractivity contribution in [1.82, 2.24) is 4.90 Å². The maximum Gasteiger partial charge on any atom is 0.329 e. The van der Waals surface area contributed by atoms with Gasteiger partial charge in [-0.3, -0.25) is 4.79 Å². The average molecular weight is 359 g/mol. The number of nitrogens with zero attached hydrogens (tertiary/aromatic N) is 1. The monoisotopic (exact) mass is 359 g/mol. The van der Waals surface area contributed by atoms with Crippen LogP contribution in [0.4, 0.5) is 0 Å². The van der Waals surface area contributed by atoms with Gasteiger partial charge in [-0.15, -0.1) is 0 Å². The summed E-state index contributed by atoms with van der Waals surface area (Å²) in [6, 6.07) is 22.7. The molecule has 0 aliphatic carbocycles. The fraction of sp³-hybridized carbons (Fsp3) is 0.217. The standard InChI is InChI=1S/C23H21NO3/c25-22(20-13-12-18-9-4-5-10-19(18)15-20)24-14-6-11-21(24)23(26)27-16-17-7-2-1-3-8-17/h1-5,7-10,12-13,15,21H,6,11,14,16H2/t21-/m0/s1. The lowest BCUT2D eigenvalue weighted by Crippen LogP contribution is -2.41. The lowest BCUT2D eigenvalue weighted by atomic mass is 10.1. The topological polar surface area (TPSA) is 46.6 Å². The molecule has 0 spiro atoms. The Kier molecular flexibility index (Phi) is 4.88. The molecule has 0 unspecified atom stereocenters. The second kappa shape index (κ2) is 7.62. The van der Waals surface area contributed by atoms with E-state index in [4.69, 9.17) is 4.74 Å². The zero-order valence-electron chi connectivity index (χ0n) is 15.0. The number of hydrogen-bond donors (Lipinski definition) is 0. The first kappa shape index (κ1) is 17.3. The van der Waals surface area contributed by atoms with Crippen LogP contribution in [0.15, 0.2) is 72.8 Å². The summed E-state index contributed by atoms with van der Waals surface area (Å²) in [5.74, 6) is -0.439. The van der Waals surface area contributed by atoms with Crippen LogP contribution in [-0.4, -0.2) is 29.4 Å². The van der Waals surface area contributed by atoms with E-state index in [9.17, 15) is 9.59 Å². The summed E-state index contributed by atoms with van der Waals surface area (Å²) in [6.45, 7) is 0.810. The lowest BCUT2D eigenvalue weighted by molar-refractivity contribution is -0.149. The van der Waals surface area contributed by atoms with Crippen molar-refractivity contribution in [2.24, 2.45) is 0 Å². The van der Waals surface area contributed by atoms with E-state index in [1.165, 1.54) is 0 Å². The first-order valence-electron chi connectivity index (χ1n) is 9.23. The molecule has 1 atom stereocenters. The number of likely N-dealkylation sites (tertiary alicyclic amines) is 1. The SMILES string of the molecule is O=C(OCc1ccccc1)[C@@H]1CCCN1C(=O)c1ccc2ccccc2c1. The lowest BCUT2D eigenvalue weighted by Gasteiger charge is -2.23. The van der Waals surface area contributed by atoms with Crippen LogP contribution in [0.3, 0.4) is 0 Å². The minimum Gasteiger partial charge on any atom is -0.459 e. The number of amides is 1. The second-order valence-corrected chi connectivity index (χ2v) is 6.81. The van der Waals surface area contributed by atoms with E-state index in [2.05, 4.69) is 0 Å². The van der Waals surface area contributed by atoms with Crippen molar-refractivity contribution in [3.05, 3.63) is 83.9 Å². The van der Waals surface area contributed by atoms with Gasteiger partial charge in [-0.2, -0.15) is 0 Å². The molecule has 0 radical (unpaired) electrons. The molecule has 1 heterocycles. The van der Waals surface area contributed by atoms with Gasteiger partial charge in [0.05, 0.1) is 0 Å². The molecule has 27 heavy (non-hydrogen) atoms. The molecule has 4 rings (SSSR count). The van der Waals surface area contributed by atoms with Crippen molar-refractivity contribution < 1.29 is 14.3 Å². The van der Waals surface area contributed by atoms with Gasteiger partial charge in [0.1, 0.15) is 12.6 Å². The molecule has 1 amide bonds. The summed E-state index contributed by atoms with van der Waals surface area (Å²) < 4.78 is 5.47. The third-order valence-corrected chi connectivity index (χ3v) is 5.01. The third-order valence-electron chi connectivity index (χ3n) is 5.01. The van der Waals surface area contributed by atoms with E-state index >= 15 is 0 Å². The molecule has 3 aromatic rings. The van der Waals surface area contributed by atoms with Crippen LogP contribution in [0.25, 0.3) is 10.8 Å². The summed E-state index contributed by atoms with van der Waals surface area (Å²) in [7, 11) is 0. The highest BCUT2D eigenvalue weighted by Crippen LogP contribution is 2.23. The van der Waals surface area contributed by atoms with E-state index in [0.29, 0.717) is 18.5 Å². The predicted molar refractivity (Wildman–Crippen MR) is 104 cm³/mol. The molecular weight excluding hydrogens is 338 g/mol. The van der Waals surface area contributed by atoms with E-state index in [1.807, 2.05) is 72.8 Å². The van der Waals surface area contributed by atoms with Crippen molar-refractivity contribution >= 4 is 22.6 Å². The molecule has 0 N–H and O–H groups in total. The highest BCUT2D eigenvalue weighted by Gasteiger charge is 2.35. The number of benzene rings is 3. The van der Waals surface area contributed by atoms with Gasteiger partial charge in [-0.1, -0.05) is 60.7 Å². The second-order valence-electron chi connectivity index (χ2n) is 6.81. The molecule has 1 fully saturated rings. The van der Waals surface area contributed by atoms with Crippen LogP contribution in [0.5, 0.6) is 0 Å². The van der Waals surface area contributed by atoms with Gasteiger partial charge in [0.25, 0.3) is 5.91 Å². The molecule has 0 bridgehead atoms. The quantitative estimate of drug-likeness (QED) is 0.656. The van der Waals surface area contributed by atoms with Crippen LogP contribution < -0.4 is 0 Å². The molecular formula is C23H21NO3. The Morgan fingerprint density at radius 1 is 0.926 bits per heavy atom. The van der Waals surface area contributed by atoms with Crippen molar-refractivity contribution in [3.63, 3.8) is 0 Å². The molecule has 1 saturated heterocycles. The van der Waals surface area contributed by atoms with Gasteiger partial charge in [-0.05, 0) is 41.3 Å². The first-order valence-corrected chi connectivity index (χ1v) is 9.23. The smallest absolute Gasteiger partial charge is 0.329 e. The highest BCUT2D eigenvalue weighted by molar-refractivity contribution is 6.00. The number of carbonyl (C=O) groups is 2. The van der Waals surface area contributed by atoms with Crippen molar-refractivity contribution in [2.45, 2.75) is 25.5 Å². The number of ether oxygens (including phenoxy) is 1. The number of fused-ring (bicyclic) bond motifs is 1. The minimum atomic E-state index is -0.507. The molecule has 4 nitrogen and oxygen atoms in total. The van der Waals surface area contributed by atoms with Crippen LogP contribution in [0.2, 0.25) is 0 Å². The molecule has 0 saturated carbocycles. The maximum absolute atomic E-state index is 13.0. The fourth-order valence-corrected chi connectivity index (χ4v) is 3.57. The molecule has 4 heteroatoms. The van der Waals surface area contributed by atoms with Gasteiger partial charge < -0.3 is 9.64 Å². The Bertz CT molecular complexity index is 968. The van der Waals surface area contributed by atoms with Gasteiger partial charge in [0.2, 0.25) is 0 Å². The van der Waals surface area contributed by atoms with Gasteiger partial charge in [0, 0.05) is 12.1 Å². The first-order chi connectivity index (χ1) is 13.2. The Labute approximate surface area is 158 Å². The molecule has 136 valence electrons. The summed E-state index contributed by atoms with van der Waals surface area (Å²) in [5.41, 5.74) is 1.55. The number of esters is 1. The van der Waals surface area contributed by atoms with Crippen LogP contribution >= 0.6 is 0 Å². The van der Waals surface area contributed by atoms with Crippen molar-refractivity contribution in [1.29, 1.82) is 0 Å². The number of hydrogen-bond acceptors (Lipinski definition) is 3. The van der Waals surface area contributed by atoms with Gasteiger partial charge >= 0.3 is 5.97 Å². The highest BCUT2D eigenvalue weighted by atomic mass is 16.5. The molecule has 1 aliphatic heterocycles. The Morgan fingerprint density at radius 2 is 1.67 bits per heavy atom. The van der Waals surface area contributed by atoms with Crippen LogP contribution in [0, 0.1) is 0 Å². The largest absolute Gasteiger partial charge is 0.459 e. The molecule has 1 aliphatic rings. The zero-order chi connectivity index (χ0) is 18.6. The summed E-state index contributed by atoms with van der Waals surface area (Å²) >= 11 is 0. The summed E-state index contributed by atoms with van der Waals surface area (Å²) in [4.78, 5) is 27.2. The minimum absolute atomic E-state index is 0.111. The summed E-state index contributed by atoms with van der Waals surface area (Å²) in [6.07, 6.45) is 1.46. The van der Waals surface area contributed by atoms with E-state index < -0.39 is 6.04 Å². The number of rotatable bonds is 4. The van der Waals surface area contributed by atoms with Crippen molar-refractivity contribution in [3.8, 4) is 0 Å². The van der Waals surface area contributed by atoms with E-state index in [0.717, 1.165) is 22.8 Å². The van der Waals surface area contributed by atoms with Crippen LogP contribution in [0.1, 0.15) is 28.8 Å².